The fourth-order valence-corrected chi connectivity index (χ4v) is 4.08. The van der Waals surface area contributed by atoms with Crippen molar-refractivity contribution in [2.45, 2.75) is 96.9 Å². The van der Waals surface area contributed by atoms with Gasteiger partial charge in [0.05, 0.1) is 18.8 Å². The monoisotopic (exact) mass is 376 g/mol. The van der Waals surface area contributed by atoms with Crippen molar-refractivity contribution in [3.63, 3.8) is 0 Å². The molecule has 152 valence electrons. The number of aliphatic hydroxyl groups is 1. The number of rotatable bonds is 6. The Hall–Kier alpha value is -0.940. The van der Waals surface area contributed by atoms with Gasteiger partial charge in [0, 0.05) is 24.7 Å². The molecule has 4 nitrogen and oxygen atoms in total. The standard InChI is InChI=1S/C23H36O4/c1-17-10-6-7-11-18(17)16-20-19(12-15-25-21(24)22(2,3)4)26-23(27-20)13-8-5-9-14-23/h6-7,10-11,19-21,24H,5,8-9,12-16H2,1-4H3/t19?,20-,21?/m0/s1. The summed E-state index contributed by atoms with van der Waals surface area (Å²) >= 11 is 0. The highest BCUT2D eigenvalue weighted by Crippen LogP contribution is 2.42. The highest BCUT2D eigenvalue weighted by molar-refractivity contribution is 5.26. The van der Waals surface area contributed by atoms with Gasteiger partial charge in [-0.25, -0.2) is 0 Å². The van der Waals surface area contributed by atoms with Crippen LogP contribution >= 0.6 is 0 Å². The Labute approximate surface area is 164 Å². The first-order chi connectivity index (χ1) is 12.8. The number of ether oxygens (including phenoxy) is 3. The van der Waals surface area contributed by atoms with E-state index in [0.29, 0.717) is 6.61 Å². The average molecular weight is 377 g/mol. The Kier molecular flexibility index (Phi) is 6.62. The largest absolute Gasteiger partial charge is 0.368 e. The van der Waals surface area contributed by atoms with E-state index >= 15 is 0 Å². The van der Waals surface area contributed by atoms with Gasteiger partial charge in [-0.05, 0) is 37.3 Å². The van der Waals surface area contributed by atoms with E-state index < -0.39 is 12.1 Å². The lowest BCUT2D eigenvalue weighted by molar-refractivity contribution is -0.197. The summed E-state index contributed by atoms with van der Waals surface area (Å²) in [6.07, 6.45) is 6.46. The van der Waals surface area contributed by atoms with E-state index in [2.05, 4.69) is 31.2 Å². The molecule has 2 unspecified atom stereocenters. The second kappa shape index (κ2) is 8.60. The van der Waals surface area contributed by atoms with E-state index in [1.54, 1.807) is 0 Å². The molecule has 1 aromatic rings. The topological polar surface area (TPSA) is 47.9 Å². The molecule has 2 aliphatic rings. The molecule has 1 aliphatic carbocycles. The zero-order valence-electron chi connectivity index (χ0n) is 17.4. The van der Waals surface area contributed by atoms with Crippen LogP contribution in [0.3, 0.4) is 0 Å². The summed E-state index contributed by atoms with van der Waals surface area (Å²) in [6.45, 7) is 8.56. The third kappa shape index (κ3) is 5.32. The normalized spacial score (nSPS) is 26.4. The summed E-state index contributed by atoms with van der Waals surface area (Å²) in [5.74, 6) is -0.404. The Morgan fingerprint density at radius 2 is 1.78 bits per heavy atom. The number of hydrogen-bond donors (Lipinski definition) is 1. The molecule has 0 radical (unpaired) electrons. The molecule has 0 amide bonds. The molecule has 1 saturated heterocycles. The van der Waals surface area contributed by atoms with Gasteiger partial charge in [-0.3, -0.25) is 0 Å². The van der Waals surface area contributed by atoms with Crippen molar-refractivity contribution < 1.29 is 19.3 Å². The Morgan fingerprint density at radius 3 is 2.44 bits per heavy atom. The number of aryl methyl sites for hydroxylation is 1. The number of benzene rings is 1. The predicted molar refractivity (Wildman–Crippen MR) is 106 cm³/mol. The van der Waals surface area contributed by atoms with Crippen LogP contribution in [0, 0.1) is 12.3 Å². The van der Waals surface area contributed by atoms with Gasteiger partial charge in [0.15, 0.2) is 12.1 Å². The van der Waals surface area contributed by atoms with Gasteiger partial charge in [0.2, 0.25) is 0 Å². The minimum Gasteiger partial charge on any atom is -0.368 e. The first-order valence-corrected chi connectivity index (χ1v) is 10.5. The summed E-state index contributed by atoms with van der Waals surface area (Å²) in [5.41, 5.74) is 2.33. The van der Waals surface area contributed by atoms with Crippen LogP contribution in [0.4, 0.5) is 0 Å². The third-order valence-corrected chi connectivity index (χ3v) is 5.86. The Morgan fingerprint density at radius 1 is 1.11 bits per heavy atom. The smallest absolute Gasteiger partial charge is 0.169 e. The molecule has 1 aliphatic heterocycles. The summed E-state index contributed by atoms with van der Waals surface area (Å²) in [6, 6.07) is 8.50. The number of hydrogen-bond acceptors (Lipinski definition) is 4. The maximum atomic E-state index is 10.1. The lowest BCUT2D eigenvalue weighted by Gasteiger charge is -2.32. The van der Waals surface area contributed by atoms with Crippen LogP contribution in [-0.2, 0) is 20.6 Å². The predicted octanol–water partition coefficient (Wildman–Crippen LogP) is 4.75. The zero-order valence-corrected chi connectivity index (χ0v) is 17.4. The summed E-state index contributed by atoms with van der Waals surface area (Å²) in [7, 11) is 0. The molecular formula is C23H36O4. The molecule has 1 heterocycles. The zero-order chi connectivity index (χ0) is 19.5. The maximum Gasteiger partial charge on any atom is 0.169 e. The van der Waals surface area contributed by atoms with E-state index in [1.807, 2.05) is 20.8 Å². The molecule has 1 N–H and O–H groups in total. The van der Waals surface area contributed by atoms with Crippen molar-refractivity contribution in [1.29, 1.82) is 0 Å². The van der Waals surface area contributed by atoms with Crippen molar-refractivity contribution in [1.82, 2.24) is 0 Å². The van der Waals surface area contributed by atoms with E-state index in [0.717, 1.165) is 25.7 Å². The molecular weight excluding hydrogens is 340 g/mol. The van der Waals surface area contributed by atoms with Crippen LogP contribution in [0.5, 0.6) is 0 Å². The van der Waals surface area contributed by atoms with Crippen LogP contribution < -0.4 is 0 Å². The van der Waals surface area contributed by atoms with Crippen molar-refractivity contribution >= 4 is 0 Å². The maximum absolute atomic E-state index is 10.1. The molecule has 1 aromatic carbocycles. The molecule has 4 heteroatoms. The summed E-state index contributed by atoms with van der Waals surface area (Å²) < 4.78 is 18.7. The highest BCUT2D eigenvalue weighted by Gasteiger charge is 2.47. The quantitative estimate of drug-likeness (QED) is 0.728. The average Bonchev–Trinajstić information content (AvgIpc) is 2.93. The molecule has 1 spiro atoms. The third-order valence-electron chi connectivity index (χ3n) is 5.86. The molecule has 0 bridgehead atoms. The lowest BCUT2D eigenvalue weighted by Crippen LogP contribution is -2.34. The van der Waals surface area contributed by atoms with Crippen LogP contribution in [0.15, 0.2) is 24.3 Å². The summed E-state index contributed by atoms with van der Waals surface area (Å²) in [4.78, 5) is 0. The Balaban J connectivity index is 1.65. The van der Waals surface area contributed by atoms with Crippen LogP contribution in [0.25, 0.3) is 0 Å². The van der Waals surface area contributed by atoms with E-state index in [-0.39, 0.29) is 17.6 Å². The number of aliphatic hydroxyl groups excluding tert-OH is 1. The molecule has 27 heavy (non-hydrogen) atoms. The van der Waals surface area contributed by atoms with Crippen molar-refractivity contribution in [3.8, 4) is 0 Å². The minimum absolute atomic E-state index is 0.00914. The van der Waals surface area contributed by atoms with Crippen molar-refractivity contribution in [2.24, 2.45) is 5.41 Å². The molecule has 1 saturated carbocycles. The molecule has 0 aromatic heterocycles. The van der Waals surface area contributed by atoms with Gasteiger partial charge in [-0.2, -0.15) is 0 Å². The van der Waals surface area contributed by atoms with Gasteiger partial charge >= 0.3 is 0 Å². The lowest BCUT2D eigenvalue weighted by atomic mass is 9.94. The van der Waals surface area contributed by atoms with E-state index in [9.17, 15) is 5.11 Å². The fraction of sp³-hybridized carbons (Fsp3) is 0.739. The van der Waals surface area contributed by atoms with E-state index in [1.165, 1.54) is 30.4 Å². The second-order valence-corrected chi connectivity index (χ2v) is 9.29. The van der Waals surface area contributed by atoms with E-state index in [4.69, 9.17) is 14.2 Å². The second-order valence-electron chi connectivity index (χ2n) is 9.29. The molecule has 3 atom stereocenters. The van der Waals surface area contributed by atoms with Crippen LogP contribution in [-0.4, -0.2) is 36.0 Å². The van der Waals surface area contributed by atoms with Crippen molar-refractivity contribution in [3.05, 3.63) is 35.4 Å². The van der Waals surface area contributed by atoms with Gasteiger partial charge in [-0.15, -0.1) is 0 Å². The highest BCUT2D eigenvalue weighted by atomic mass is 16.8. The molecule has 3 rings (SSSR count). The SMILES string of the molecule is Cc1ccccc1C[C@@H]1OC2(CCCCC2)OC1CCOC(O)C(C)(C)C. The van der Waals surface area contributed by atoms with Gasteiger partial charge in [0.25, 0.3) is 0 Å². The van der Waals surface area contributed by atoms with Gasteiger partial charge in [0.1, 0.15) is 0 Å². The fourth-order valence-electron chi connectivity index (χ4n) is 4.08. The van der Waals surface area contributed by atoms with Crippen molar-refractivity contribution in [2.75, 3.05) is 6.61 Å². The van der Waals surface area contributed by atoms with Crippen LogP contribution in [0.2, 0.25) is 0 Å². The first kappa shape index (κ1) is 20.8. The first-order valence-electron chi connectivity index (χ1n) is 10.5. The van der Waals surface area contributed by atoms with Gasteiger partial charge < -0.3 is 19.3 Å². The Bertz CT molecular complexity index is 601. The van der Waals surface area contributed by atoms with Gasteiger partial charge in [-0.1, -0.05) is 51.5 Å². The van der Waals surface area contributed by atoms with Crippen LogP contribution in [0.1, 0.15) is 70.4 Å². The minimum atomic E-state index is -0.765. The molecule has 2 fully saturated rings. The summed E-state index contributed by atoms with van der Waals surface area (Å²) in [5, 5.41) is 10.1.